The Bertz CT molecular complexity index is 966. The maximum Gasteiger partial charge on any atom is 0.434 e. The van der Waals surface area contributed by atoms with Gasteiger partial charge in [-0.1, -0.05) is 60.7 Å². The molecular weight excluding hydrogens is 384 g/mol. The number of carbonyl (C=O) groups excluding carboxylic acids is 2. The number of ether oxygens (including phenoxy) is 2. The number of carbonyl (C=O) groups is 2. The summed E-state index contributed by atoms with van der Waals surface area (Å²) in [4.78, 5) is 32.0. The highest BCUT2D eigenvalue weighted by atomic mass is 16.5. The number of aliphatic imine (C=N–C) groups is 2. The minimum Gasteiger partial charge on any atom is -0.443 e. The third-order valence-corrected chi connectivity index (χ3v) is 4.28. The van der Waals surface area contributed by atoms with Gasteiger partial charge < -0.3 is 14.6 Å². The summed E-state index contributed by atoms with van der Waals surface area (Å²) >= 11 is 0. The van der Waals surface area contributed by atoms with Crippen molar-refractivity contribution in [2.75, 3.05) is 6.61 Å². The Hall–Kier alpha value is -3.58. The number of benzene rings is 2. The molecular formula is C23H22N2O5. The van der Waals surface area contributed by atoms with Gasteiger partial charge in [-0.3, -0.25) is 0 Å². The number of hydrogen-bond acceptors (Lipinski definition) is 5. The molecule has 154 valence electrons. The monoisotopic (exact) mass is 406 g/mol. The summed E-state index contributed by atoms with van der Waals surface area (Å²) in [6, 6.07) is 18.6. The average molecular weight is 406 g/mol. The van der Waals surface area contributed by atoms with Crippen molar-refractivity contribution in [3.05, 3.63) is 83.4 Å². The van der Waals surface area contributed by atoms with Gasteiger partial charge in [-0.05, 0) is 22.8 Å². The maximum absolute atomic E-state index is 12.0. The van der Waals surface area contributed by atoms with E-state index in [2.05, 4.69) is 9.98 Å². The molecule has 0 saturated heterocycles. The van der Waals surface area contributed by atoms with Crippen molar-refractivity contribution in [3.63, 3.8) is 0 Å². The van der Waals surface area contributed by atoms with Crippen LogP contribution in [0.25, 0.3) is 0 Å². The quantitative estimate of drug-likeness (QED) is 0.800. The van der Waals surface area contributed by atoms with E-state index in [4.69, 9.17) is 9.47 Å². The van der Waals surface area contributed by atoms with Crippen LogP contribution >= 0.6 is 0 Å². The molecule has 7 heteroatoms. The van der Waals surface area contributed by atoms with Crippen LogP contribution < -0.4 is 0 Å². The highest BCUT2D eigenvalue weighted by molar-refractivity contribution is 6.16. The Kier molecular flexibility index (Phi) is 7.63. The van der Waals surface area contributed by atoms with Crippen LogP contribution in [0.5, 0.6) is 0 Å². The molecule has 0 fully saturated rings. The summed E-state index contributed by atoms with van der Waals surface area (Å²) in [5, 5.41) is 9.49. The molecule has 0 saturated carbocycles. The van der Waals surface area contributed by atoms with Gasteiger partial charge in [-0.25, -0.2) is 9.59 Å². The minimum atomic E-state index is -0.740. The van der Waals surface area contributed by atoms with Crippen LogP contribution in [0.4, 0.5) is 9.59 Å². The minimum absolute atomic E-state index is 0.111. The molecule has 0 spiro atoms. The Labute approximate surface area is 174 Å². The molecule has 0 radical (unpaired) electrons. The van der Waals surface area contributed by atoms with Crippen molar-refractivity contribution in [2.45, 2.75) is 26.1 Å². The fourth-order valence-corrected chi connectivity index (χ4v) is 2.87. The van der Waals surface area contributed by atoms with E-state index >= 15 is 0 Å². The largest absolute Gasteiger partial charge is 0.443 e. The average Bonchev–Trinajstić information content (AvgIpc) is 2.77. The molecule has 2 aromatic carbocycles. The van der Waals surface area contributed by atoms with Gasteiger partial charge >= 0.3 is 12.2 Å². The highest BCUT2D eigenvalue weighted by Gasteiger charge is 2.17. The third kappa shape index (κ3) is 6.79. The first kappa shape index (κ1) is 21.1. The Morgan fingerprint density at radius 3 is 1.87 bits per heavy atom. The number of amides is 2. The zero-order valence-electron chi connectivity index (χ0n) is 16.4. The molecule has 0 bridgehead atoms. The number of hydrogen-bond donors (Lipinski definition) is 1. The van der Waals surface area contributed by atoms with E-state index in [0.29, 0.717) is 23.4 Å². The van der Waals surface area contributed by atoms with Crippen molar-refractivity contribution in [1.29, 1.82) is 0 Å². The second kappa shape index (κ2) is 10.8. The third-order valence-electron chi connectivity index (χ3n) is 4.28. The molecule has 0 unspecified atom stereocenters. The molecule has 2 aromatic rings. The van der Waals surface area contributed by atoms with E-state index in [1.165, 1.54) is 0 Å². The molecule has 30 heavy (non-hydrogen) atoms. The van der Waals surface area contributed by atoms with Gasteiger partial charge in [-0.15, -0.1) is 0 Å². The smallest absolute Gasteiger partial charge is 0.434 e. The van der Waals surface area contributed by atoms with Crippen molar-refractivity contribution >= 4 is 23.6 Å². The van der Waals surface area contributed by atoms with Crippen LogP contribution in [-0.4, -0.2) is 35.3 Å². The Morgan fingerprint density at radius 2 is 1.33 bits per heavy atom. The maximum atomic E-state index is 12.0. The van der Waals surface area contributed by atoms with E-state index in [-0.39, 0.29) is 26.2 Å². The number of allylic oxidation sites excluding steroid dienone is 1. The summed E-state index contributed by atoms with van der Waals surface area (Å²) in [5.74, 6) is 0. The number of aliphatic hydroxyl groups excluding tert-OH is 1. The number of nitrogens with zero attached hydrogens (tertiary/aromatic N) is 2. The lowest BCUT2D eigenvalue weighted by atomic mass is 9.96. The normalized spacial score (nSPS) is 16.2. The van der Waals surface area contributed by atoms with Crippen LogP contribution in [0.2, 0.25) is 0 Å². The van der Waals surface area contributed by atoms with Crippen LogP contribution in [0, 0.1) is 0 Å². The lowest BCUT2D eigenvalue weighted by molar-refractivity contribution is 0.150. The van der Waals surface area contributed by atoms with Gasteiger partial charge in [-0.2, -0.15) is 9.98 Å². The summed E-state index contributed by atoms with van der Waals surface area (Å²) < 4.78 is 10.3. The van der Waals surface area contributed by atoms with Crippen LogP contribution in [0.1, 0.15) is 24.0 Å². The molecule has 0 aliphatic heterocycles. The standard InChI is InChI=1S/C23H22N2O5/c26-14-19-11-20(24-22(27)29-15-17-7-3-1-4-8-17)13-21(12-19)25-23(28)30-16-18-9-5-2-6-10-18/h1-11,26H,12-16H2. The molecule has 1 aliphatic carbocycles. The van der Waals surface area contributed by atoms with E-state index in [1.807, 2.05) is 60.7 Å². The Balaban J connectivity index is 1.60. The van der Waals surface area contributed by atoms with E-state index < -0.39 is 12.2 Å². The number of aliphatic hydroxyl groups is 1. The van der Waals surface area contributed by atoms with Crippen LogP contribution in [-0.2, 0) is 22.7 Å². The zero-order valence-corrected chi connectivity index (χ0v) is 16.4. The van der Waals surface area contributed by atoms with Gasteiger partial charge in [0.1, 0.15) is 13.2 Å². The van der Waals surface area contributed by atoms with Crippen molar-refractivity contribution in [1.82, 2.24) is 0 Å². The SMILES string of the molecule is O=C(N=C1C=C(CO)CC(=NC(=O)OCc2ccccc2)C1)OCc1ccccc1. The summed E-state index contributed by atoms with van der Waals surface area (Å²) in [5.41, 5.74) is 3.15. The summed E-state index contributed by atoms with van der Waals surface area (Å²) in [6.45, 7) is 0.00184. The van der Waals surface area contributed by atoms with Crippen molar-refractivity contribution < 1.29 is 24.2 Å². The van der Waals surface area contributed by atoms with Crippen LogP contribution in [0.15, 0.2) is 82.3 Å². The first-order valence-corrected chi connectivity index (χ1v) is 9.48. The molecule has 1 aliphatic rings. The summed E-state index contributed by atoms with van der Waals surface area (Å²) in [7, 11) is 0. The fourth-order valence-electron chi connectivity index (χ4n) is 2.87. The second-order valence-corrected chi connectivity index (χ2v) is 6.68. The fraction of sp³-hybridized carbons (Fsp3) is 0.217. The van der Waals surface area contributed by atoms with Crippen LogP contribution in [0.3, 0.4) is 0 Å². The van der Waals surface area contributed by atoms with E-state index in [0.717, 1.165) is 11.1 Å². The van der Waals surface area contributed by atoms with Gasteiger partial charge in [0.25, 0.3) is 0 Å². The molecule has 3 rings (SSSR count). The first-order chi connectivity index (χ1) is 14.6. The molecule has 2 amide bonds. The topological polar surface area (TPSA) is 97.6 Å². The molecule has 0 aromatic heterocycles. The lowest BCUT2D eigenvalue weighted by Crippen LogP contribution is -2.19. The van der Waals surface area contributed by atoms with Gasteiger partial charge in [0.05, 0.1) is 12.3 Å². The van der Waals surface area contributed by atoms with Gasteiger partial charge in [0.2, 0.25) is 0 Å². The predicted molar refractivity (Wildman–Crippen MR) is 113 cm³/mol. The van der Waals surface area contributed by atoms with Gasteiger partial charge in [0, 0.05) is 18.6 Å². The molecule has 1 N–H and O–H groups in total. The van der Waals surface area contributed by atoms with Crippen molar-refractivity contribution in [3.8, 4) is 0 Å². The highest BCUT2D eigenvalue weighted by Crippen LogP contribution is 2.16. The molecule has 7 nitrogen and oxygen atoms in total. The first-order valence-electron chi connectivity index (χ1n) is 9.48. The molecule has 0 heterocycles. The van der Waals surface area contributed by atoms with Gasteiger partial charge in [0.15, 0.2) is 0 Å². The van der Waals surface area contributed by atoms with E-state index in [9.17, 15) is 14.7 Å². The van der Waals surface area contributed by atoms with Crippen molar-refractivity contribution in [2.24, 2.45) is 9.98 Å². The summed E-state index contributed by atoms with van der Waals surface area (Å²) in [6.07, 6.45) is 0.673. The molecule has 0 atom stereocenters. The second-order valence-electron chi connectivity index (χ2n) is 6.68. The zero-order chi connectivity index (χ0) is 21.2. The lowest BCUT2D eigenvalue weighted by Gasteiger charge is -2.15. The predicted octanol–water partition coefficient (Wildman–Crippen LogP) is 4.25. The number of rotatable bonds is 5. The Morgan fingerprint density at radius 1 is 0.800 bits per heavy atom. The van der Waals surface area contributed by atoms with E-state index in [1.54, 1.807) is 6.08 Å².